The highest BCUT2D eigenvalue weighted by atomic mass is 32.2. The van der Waals surface area contributed by atoms with Gasteiger partial charge >= 0.3 is 0 Å². The van der Waals surface area contributed by atoms with Crippen molar-refractivity contribution in [3.05, 3.63) is 46.8 Å². The Balaban J connectivity index is 1.76. The molecule has 0 spiro atoms. The van der Waals surface area contributed by atoms with Crippen LogP contribution >= 0.6 is 11.3 Å². The summed E-state index contributed by atoms with van der Waals surface area (Å²) in [7, 11) is -2.09. The summed E-state index contributed by atoms with van der Waals surface area (Å²) in [5, 5.41) is 5.08. The Morgan fingerprint density at radius 2 is 2.18 bits per heavy atom. The van der Waals surface area contributed by atoms with Crippen molar-refractivity contribution in [1.82, 2.24) is 10.0 Å². The molecule has 0 aliphatic carbocycles. The monoisotopic (exact) mass is 338 g/mol. The number of fused-ring (bicyclic) bond motifs is 1. The number of ether oxygens (including phenoxy) is 1. The molecule has 2 N–H and O–H groups in total. The maximum absolute atomic E-state index is 12.4. The number of benzene rings is 1. The molecule has 0 saturated heterocycles. The maximum Gasteiger partial charge on any atom is 0.253 e. The molecule has 5 nitrogen and oxygen atoms in total. The molecule has 1 aromatic carbocycles. The summed E-state index contributed by atoms with van der Waals surface area (Å²) >= 11 is 1.16. The van der Waals surface area contributed by atoms with Gasteiger partial charge in [0, 0.05) is 12.6 Å². The van der Waals surface area contributed by atoms with E-state index >= 15 is 0 Å². The number of rotatable bonds is 5. The number of nitrogens with one attached hydrogen (secondary N) is 2. The fourth-order valence-corrected chi connectivity index (χ4v) is 5.03. The number of methoxy groups -OCH3 is 1. The van der Waals surface area contributed by atoms with E-state index in [1.807, 2.05) is 18.2 Å². The molecule has 2 aromatic rings. The largest absolute Gasteiger partial charge is 0.494 e. The predicted octanol–water partition coefficient (Wildman–Crippen LogP) is 1.92. The summed E-state index contributed by atoms with van der Waals surface area (Å²) in [6, 6.07) is 9.79. The van der Waals surface area contributed by atoms with Gasteiger partial charge in [-0.25, -0.2) is 13.1 Å². The molecule has 2 heterocycles. The van der Waals surface area contributed by atoms with Crippen LogP contribution in [0.15, 0.2) is 39.9 Å². The zero-order chi connectivity index (χ0) is 15.6. The van der Waals surface area contributed by atoms with Gasteiger partial charge in [0.15, 0.2) is 4.21 Å². The topological polar surface area (TPSA) is 67.4 Å². The van der Waals surface area contributed by atoms with Crippen LogP contribution in [0.2, 0.25) is 0 Å². The van der Waals surface area contributed by atoms with E-state index in [0.29, 0.717) is 12.3 Å². The predicted molar refractivity (Wildman–Crippen MR) is 86.9 cm³/mol. The van der Waals surface area contributed by atoms with E-state index in [2.05, 4.69) is 16.1 Å². The highest BCUT2D eigenvalue weighted by Gasteiger charge is 2.25. The summed E-state index contributed by atoms with van der Waals surface area (Å²) < 4.78 is 32.8. The smallest absolute Gasteiger partial charge is 0.253 e. The minimum atomic E-state index is -3.56. The molecular formula is C15H18N2O3S2. The van der Waals surface area contributed by atoms with Crippen molar-refractivity contribution < 1.29 is 13.2 Å². The molecule has 118 valence electrons. The molecule has 1 aliphatic heterocycles. The minimum absolute atomic E-state index is 0.00863. The van der Waals surface area contributed by atoms with E-state index in [1.54, 1.807) is 11.4 Å². The van der Waals surface area contributed by atoms with Gasteiger partial charge in [-0.2, -0.15) is 0 Å². The van der Waals surface area contributed by atoms with E-state index in [9.17, 15) is 8.42 Å². The third kappa shape index (κ3) is 3.03. The lowest BCUT2D eigenvalue weighted by Crippen LogP contribution is -2.38. The lowest BCUT2D eigenvalue weighted by molar-refractivity contribution is 0.406. The highest BCUT2D eigenvalue weighted by molar-refractivity contribution is 7.91. The zero-order valence-corrected chi connectivity index (χ0v) is 13.8. The molecule has 0 amide bonds. The number of sulfonamides is 1. The van der Waals surface area contributed by atoms with Gasteiger partial charge in [0.25, 0.3) is 10.0 Å². The van der Waals surface area contributed by atoms with Gasteiger partial charge < -0.3 is 10.1 Å². The summed E-state index contributed by atoms with van der Waals surface area (Å²) in [5.41, 5.74) is 2.44. The first-order chi connectivity index (χ1) is 10.6. The molecule has 22 heavy (non-hydrogen) atoms. The average molecular weight is 338 g/mol. The first-order valence-electron chi connectivity index (χ1n) is 7.04. The van der Waals surface area contributed by atoms with Crippen molar-refractivity contribution in [2.45, 2.75) is 16.7 Å². The summed E-state index contributed by atoms with van der Waals surface area (Å²) in [5.74, 6) is 0.384. The van der Waals surface area contributed by atoms with Crippen LogP contribution in [-0.2, 0) is 16.4 Å². The van der Waals surface area contributed by atoms with Crippen LogP contribution in [0.4, 0.5) is 0 Å². The number of hydrogen-bond donors (Lipinski definition) is 2. The third-order valence-corrected chi connectivity index (χ3v) is 6.62. The van der Waals surface area contributed by atoms with E-state index in [-0.39, 0.29) is 10.3 Å². The second-order valence-electron chi connectivity index (χ2n) is 5.08. The maximum atomic E-state index is 12.4. The van der Waals surface area contributed by atoms with Crippen LogP contribution in [0, 0.1) is 0 Å². The Morgan fingerprint density at radius 3 is 3.00 bits per heavy atom. The van der Waals surface area contributed by atoms with Gasteiger partial charge in [0.2, 0.25) is 0 Å². The molecule has 1 unspecified atom stereocenters. The number of hydrogen-bond acceptors (Lipinski definition) is 5. The normalized spacial score (nSPS) is 18.0. The fourth-order valence-electron chi connectivity index (χ4n) is 2.66. The SMILES string of the molecule is COc1ccsc1S(=O)(=O)NCC1NCCc2ccccc21. The van der Waals surface area contributed by atoms with E-state index in [1.165, 1.54) is 12.7 Å². The van der Waals surface area contributed by atoms with Crippen LogP contribution in [0.1, 0.15) is 17.2 Å². The van der Waals surface area contributed by atoms with Gasteiger partial charge in [0.05, 0.1) is 7.11 Å². The van der Waals surface area contributed by atoms with Gasteiger partial charge in [0.1, 0.15) is 5.75 Å². The van der Waals surface area contributed by atoms with Gasteiger partial charge in [-0.15, -0.1) is 11.3 Å². The Bertz CT molecular complexity index is 756. The Kier molecular flexibility index (Phi) is 4.49. The molecular weight excluding hydrogens is 320 g/mol. The van der Waals surface area contributed by atoms with E-state index < -0.39 is 10.0 Å². The molecule has 1 atom stereocenters. The molecule has 7 heteroatoms. The summed E-state index contributed by atoms with van der Waals surface area (Å²) in [4.78, 5) is 0. The van der Waals surface area contributed by atoms with Gasteiger partial charge in [-0.1, -0.05) is 24.3 Å². The van der Waals surface area contributed by atoms with Crippen molar-refractivity contribution in [3.63, 3.8) is 0 Å². The van der Waals surface area contributed by atoms with Crippen LogP contribution in [-0.4, -0.2) is 28.6 Å². The fraction of sp³-hybridized carbons (Fsp3) is 0.333. The lowest BCUT2D eigenvalue weighted by Gasteiger charge is -2.27. The molecule has 0 radical (unpaired) electrons. The van der Waals surface area contributed by atoms with Crippen LogP contribution < -0.4 is 14.8 Å². The molecule has 0 fully saturated rings. The average Bonchev–Trinajstić information content (AvgIpc) is 3.02. The number of thiophene rings is 1. The first kappa shape index (κ1) is 15.5. The Labute approximate surface area is 134 Å². The van der Waals surface area contributed by atoms with Crippen molar-refractivity contribution in [3.8, 4) is 5.75 Å². The standard InChI is InChI=1S/C15H18N2O3S2/c1-20-14-7-9-21-15(14)22(18,19)17-10-13-12-5-3-2-4-11(12)6-8-16-13/h2-5,7,9,13,16-17H,6,8,10H2,1H3. The van der Waals surface area contributed by atoms with Crippen LogP contribution in [0.25, 0.3) is 0 Å². The van der Waals surface area contributed by atoms with Crippen molar-refractivity contribution in [2.24, 2.45) is 0 Å². The van der Waals surface area contributed by atoms with Crippen molar-refractivity contribution in [2.75, 3.05) is 20.2 Å². The van der Waals surface area contributed by atoms with Crippen LogP contribution in [0.3, 0.4) is 0 Å². The third-order valence-electron chi connectivity index (χ3n) is 3.75. The van der Waals surface area contributed by atoms with Crippen molar-refractivity contribution >= 4 is 21.4 Å². The highest BCUT2D eigenvalue weighted by Crippen LogP contribution is 2.29. The van der Waals surface area contributed by atoms with Crippen molar-refractivity contribution in [1.29, 1.82) is 0 Å². The molecule has 1 aromatic heterocycles. The summed E-state index contributed by atoms with van der Waals surface area (Å²) in [6.45, 7) is 1.17. The Hall–Kier alpha value is -1.41. The Morgan fingerprint density at radius 1 is 1.36 bits per heavy atom. The minimum Gasteiger partial charge on any atom is -0.494 e. The van der Waals surface area contributed by atoms with Gasteiger partial charge in [-0.05, 0) is 35.5 Å². The second kappa shape index (κ2) is 6.37. The van der Waals surface area contributed by atoms with E-state index in [0.717, 1.165) is 29.9 Å². The molecule has 3 rings (SSSR count). The van der Waals surface area contributed by atoms with Crippen LogP contribution in [0.5, 0.6) is 5.75 Å². The zero-order valence-electron chi connectivity index (χ0n) is 12.2. The van der Waals surface area contributed by atoms with E-state index in [4.69, 9.17) is 4.74 Å². The first-order valence-corrected chi connectivity index (χ1v) is 9.40. The second-order valence-corrected chi connectivity index (χ2v) is 7.96. The molecule has 0 saturated carbocycles. The quantitative estimate of drug-likeness (QED) is 0.874. The van der Waals surface area contributed by atoms with Gasteiger partial charge in [-0.3, -0.25) is 0 Å². The molecule has 1 aliphatic rings. The molecule has 0 bridgehead atoms. The lowest BCUT2D eigenvalue weighted by atomic mass is 9.95. The summed E-state index contributed by atoms with van der Waals surface area (Å²) in [6.07, 6.45) is 0.970.